The van der Waals surface area contributed by atoms with Crippen molar-refractivity contribution in [3.05, 3.63) is 28.5 Å². The minimum Gasteiger partial charge on any atom is -0.377 e. The third-order valence-electron chi connectivity index (χ3n) is 4.32. The number of hydrogen-bond acceptors (Lipinski definition) is 3. The molecule has 2 fully saturated rings. The molecule has 3 rings (SSSR count). The third-order valence-corrected chi connectivity index (χ3v) is 4.97. The van der Waals surface area contributed by atoms with Gasteiger partial charge >= 0.3 is 6.03 Å². The Hall–Kier alpha value is -1.18. The average Bonchev–Trinajstić information content (AvgIpc) is 3.04. The maximum Gasteiger partial charge on any atom is 0.321 e. The van der Waals surface area contributed by atoms with Gasteiger partial charge in [0.25, 0.3) is 0 Å². The monoisotopic (exact) mass is 385 g/mol. The summed E-state index contributed by atoms with van der Waals surface area (Å²) < 4.78 is 19.3. The highest BCUT2D eigenvalue weighted by Crippen LogP contribution is 2.23. The minimum atomic E-state index is -0.336. The highest BCUT2D eigenvalue weighted by atomic mass is 79.9. The first-order valence-corrected chi connectivity index (χ1v) is 8.76. The normalized spacial score (nSPS) is 22.3. The van der Waals surface area contributed by atoms with E-state index in [0.29, 0.717) is 29.4 Å². The first-order chi connectivity index (χ1) is 11.1. The van der Waals surface area contributed by atoms with E-state index in [1.807, 2.05) is 0 Å². The Labute approximate surface area is 143 Å². The van der Waals surface area contributed by atoms with E-state index in [1.165, 1.54) is 12.1 Å². The number of halogens is 2. The SMILES string of the molecule is O=C(Nc1ccc(F)cc1Br)N1CCN(CC2CCCO2)CC1. The van der Waals surface area contributed by atoms with E-state index in [4.69, 9.17) is 4.74 Å². The van der Waals surface area contributed by atoms with Gasteiger partial charge in [-0.3, -0.25) is 4.90 Å². The second-order valence-corrected chi connectivity index (χ2v) is 6.83. The van der Waals surface area contributed by atoms with Crippen molar-refractivity contribution in [1.29, 1.82) is 0 Å². The molecule has 5 nitrogen and oxygen atoms in total. The maximum absolute atomic E-state index is 13.1. The number of benzene rings is 1. The molecule has 2 amide bonds. The molecule has 1 atom stereocenters. The van der Waals surface area contributed by atoms with Crippen molar-refractivity contribution in [2.24, 2.45) is 0 Å². The second kappa shape index (κ2) is 7.59. The van der Waals surface area contributed by atoms with Crippen molar-refractivity contribution < 1.29 is 13.9 Å². The molecule has 7 heteroatoms. The quantitative estimate of drug-likeness (QED) is 0.869. The van der Waals surface area contributed by atoms with Crippen LogP contribution in [0.2, 0.25) is 0 Å². The molecule has 23 heavy (non-hydrogen) atoms. The fraction of sp³-hybridized carbons (Fsp3) is 0.562. The lowest BCUT2D eigenvalue weighted by Gasteiger charge is -2.35. The molecule has 0 aliphatic carbocycles. The highest BCUT2D eigenvalue weighted by Gasteiger charge is 2.25. The summed E-state index contributed by atoms with van der Waals surface area (Å²) in [5, 5.41) is 2.83. The van der Waals surface area contributed by atoms with Crippen molar-refractivity contribution in [2.45, 2.75) is 18.9 Å². The Morgan fingerprint density at radius 3 is 2.78 bits per heavy atom. The lowest BCUT2D eigenvalue weighted by atomic mass is 10.2. The first-order valence-electron chi connectivity index (χ1n) is 7.97. The van der Waals surface area contributed by atoms with Crippen LogP contribution in [0.5, 0.6) is 0 Å². The number of piperazine rings is 1. The van der Waals surface area contributed by atoms with E-state index in [-0.39, 0.29) is 11.8 Å². The van der Waals surface area contributed by atoms with Gasteiger partial charge < -0.3 is 15.0 Å². The van der Waals surface area contributed by atoms with Gasteiger partial charge in [0, 0.05) is 43.8 Å². The van der Waals surface area contributed by atoms with Gasteiger partial charge in [-0.15, -0.1) is 0 Å². The molecule has 2 aliphatic rings. The molecule has 126 valence electrons. The molecule has 2 saturated heterocycles. The zero-order valence-corrected chi connectivity index (χ0v) is 14.5. The van der Waals surface area contributed by atoms with Crippen LogP contribution in [0.3, 0.4) is 0 Å². The predicted molar refractivity (Wildman–Crippen MR) is 90.1 cm³/mol. The number of carbonyl (C=O) groups excluding carboxylic acids is 1. The number of ether oxygens (including phenoxy) is 1. The topological polar surface area (TPSA) is 44.8 Å². The van der Waals surface area contributed by atoms with Crippen molar-refractivity contribution in [3.63, 3.8) is 0 Å². The van der Waals surface area contributed by atoms with Crippen LogP contribution in [0.25, 0.3) is 0 Å². The van der Waals surface area contributed by atoms with E-state index in [9.17, 15) is 9.18 Å². The van der Waals surface area contributed by atoms with Crippen molar-refractivity contribution in [1.82, 2.24) is 9.80 Å². The molecular weight excluding hydrogens is 365 g/mol. The van der Waals surface area contributed by atoms with E-state index in [1.54, 1.807) is 11.0 Å². The Morgan fingerprint density at radius 1 is 1.35 bits per heavy atom. The second-order valence-electron chi connectivity index (χ2n) is 5.98. The third kappa shape index (κ3) is 4.43. The molecule has 2 heterocycles. The summed E-state index contributed by atoms with van der Waals surface area (Å²) >= 11 is 3.26. The smallest absolute Gasteiger partial charge is 0.321 e. The summed E-state index contributed by atoms with van der Waals surface area (Å²) in [6, 6.07) is 4.09. The summed E-state index contributed by atoms with van der Waals surface area (Å²) in [4.78, 5) is 16.5. The lowest BCUT2D eigenvalue weighted by molar-refractivity contribution is 0.0572. The van der Waals surface area contributed by atoms with Gasteiger partial charge in [-0.2, -0.15) is 0 Å². The van der Waals surface area contributed by atoms with Crippen molar-refractivity contribution >= 4 is 27.6 Å². The summed E-state index contributed by atoms with van der Waals surface area (Å²) in [7, 11) is 0. The Balaban J connectivity index is 1.47. The van der Waals surface area contributed by atoms with E-state index < -0.39 is 0 Å². The number of hydrogen-bond donors (Lipinski definition) is 1. The van der Waals surface area contributed by atoms with Gasteiger partial charge in [-0.05, 0) is 47.0 Å². The largest absolute Gasteiger partial charge is 0.377 e. The number of nitrogens with zero attached hydrogens (tertiary/aromatic N) is 2. The predicted octanol–water partition coefficient (Wildman–Crippen LogP) is 2.92. The fourth-order valence-corrected chi connectivity index (χ4v) is 3.44. The van der Waals surface area contributed by atoms with E-state index in [0.717, 1.165) is 39.1 Å². The van der Waals surface area contributed by atoms with Gasteiger partial charge in [-0.25, -0.2) is 9.18 Å². The number of rotatable bonds is 3. The van der Waals surface area contributed by atoms with Crippen LogP contribution < -0.4 is 5.32 Å². The first kappa shape index (κ1) is 16.7. The molecule has 0 saturated carbocycles. The zero-order valence-electron chi connectivity index (χ0n) is 12.9. The molecule has 0 radical (unpaired) electrons. The number of nitrogens with one attached hydrogen (secondary N) is 1. The van der Waals surface area contributed by atoms with Gasteiger partial charge in [0.15, 0.2) is 0 Å². The Bertz CT molecular complexity index is 558. The molecule has 0 aromatic heterocycles. The Kier molecular flexibility index (Phi) is 5.50. The van der Waals surface area contributed by atoms with Crippen LogP contribution in [0.1, 0.15) is 12.8 Å². The number of amides is 2. The molecule has 1 N–H and O–H groups in total. The van der Waals surface area contributed by atoms with Gasteiger partial charge in [-0.1, -0.05) is 0 Å². The van der Waals surface area contributed by atoms with Crippen LogP contribution in [0.15, 0.2) is 22.7 Å². The van der Waals surface area contributed by atoms with Gasteiger partial charge in [0.1, 0.15) is 5.82 Å². The van der Waals surface area contributed by atoms with E-state index in [2.05, 4.69) is 26.1 Å². The summed E-state index contributed by atoms with van der Waals surface area (Å²) in [6.45, 7) is 4.93. The van der Waals surface area contributed by atoms with Crippen LogP contribution in [-0.4, -0.2) is 61.3 Å². The van der Waals surface area contributed by atoms with Gasteiger partial charge in [0.2, 0.25) is 0 Å². The zero-order chi connectivity index (χ0) is 16.2. The molecule has 0 spiro atoms. The summed E-state index contributed by atoms with van der Waals surface area (Å²) in [5.41, 5.74) is 0.582. The molecule has 1 aromatic carbocycles. The van der Waals surface area contributed by atoms with Crippen LogP contribution in [0.4, 0.5) is 14.9 Å². The molecule has 1 aromatic rings. The number of anilines is 1. The van der Waals surface area contributed by atoms with Crippen LogP contribution in [-0.2, 0) is 4.74 Å². The fourth-order valence-electron chi connectivity index (χ4n) is 2.99. The number of urea groups is 1. The maximum atomic E-state index is 13.1. The highest BCUT2D eigenvalue weighted by molar-refractivity contribution is 9.10. The summed E-state index contributed by atoms with van der Waals surface area (Å²) in [6.07, 6.45) is 2.64. The standard InChI is InChI=1S/C16H21BrFN3O2/c17-14-10-12(18)3-4-15(14)19-16(22)21-7-5-20(6-8-21)11-13-2-1-9-23-13/h3-4,10,13H,1-2,5-9,11H2,(H,19,22). The minimum absolute atomic E-state index is 0.144. The van der Waals surface area contributed by atoms with Crippen molar-refractivity contribution in [2.75, 3.05) is 44.6 Å². The van der Waals surface area contributed by atoms with Crippen molar-refractivity contribution in [3.8, 4) is 0 Å². The van der Waals surface area contributed by atoms with Crippen LogP contribution >= 0.6 is 15.9 Å². The molecule has 1 unspecified atom stereocenters. The molecule has 2 aliphatic heterocycles. The average molecular weight is 386 g/mol. The number of carbonyl (C=O) groups is 1. The molecular formula is C16H21BrFN3O2. The van der Waals surface area contributed by atoms with Crippen LogP contribution in [0, 0.1) is 5.82 Å². The molecule has 0 bridgehead atoms. The van der Waals surface area contributed by atoms with Gasteiger partial charge in [0.05, 0.1) is 11.8 Å². The Morgan fingerprint density at radius 2 is 2.13 bits per heavy atom. The van der Waals surface area contributed by atoms with E-state index >= 15 is 0 Å². The summed E-state index contributed by atoms with van der Waals surface area (Å²) in [5.74, 6) is -0.336. The lowest BCUT2D eigenvalue weighted by Crippen LogP contribution is -2.51.